The third-order valence-electron chi connectivity index (χ3n) is 2.60. The van der Waals surface area contributed by atoms with Crippen LogP contribution in [0.15, 0.2) is 52.1 Å². The lowest BCUT2D eigenvalue weighted by Crippen LogP contribution is -2.14. The van der Waals surface area contributed by atoms with Gasteiger partial charge in [-0.05, 0) is 30.3 Å². The summed E-state index contributed by atoms with van der Waals surface area (Å²) in [6.07, 6.45) is 0. The first-order valence-corrected chi connectivity index (χ1v) is 6.50. The summed E-state index contributed by atoms with van der Waals surface area (Å²) in [5, 5.41) is 22.3. The van der Waals surface area contributed by atoms with Crippen LogP contribution in [0.1, 0.15) is 5.56 Å². The van der Waals surface area contributed by atoms with Gasteiger partial charge in [0.25, 0.3) is 5.69 Å². The van der Waals surface area contributed by atoms with E-state index in [4.69, 9.17) is 15.7 Å². The lowest BCUT2D eigenvalue weighted by Gasteiger charge is -2.10. The summed E-state index contributed by atoms with van der Waals surface area (Å²) >= 11 is 3.28. The minimum atomic E-state index is -0.495. The van der Waals surface area contributed by atoms with Crippen molar-refractivity contribution in [2.75, 3.05) is 0 Å². The highest BCUT2D eigenvalue weighted by atomic mass is 79.9. The van der Waals surface area contributed by atoms with Crippen molar-refractivity contribution in [3.63, 3.8) is 0 Å². The van der Waals surface area contributed by atoms with Crippen LogP contribution < -0.4 is 10.5 Å². The molecular weight excluding hydrogens is 342 g/mol. The normalized spacial score (nSPS) is 11.2. The number of nitrogens with zero attached hydrogens (tertiary/aromatic N) is 2. The Balaban J connectivity index is 2.33. The van der Waals surface area contributed by atoms with Crippen LogP contribution in [0.4, 0.5) is 5.69 Å². The number of oxime groups is 1. The highest BCUT2D eigenvalue weighted by Crippen LogP contribution is 2.29. The standard InChI is InChI=1S/C13H10BrN3O4/c14-8-1-6-12(11(7-8)13(15)16-18)21-10-4-2-9(3-5-10)17(19)20/h1-7,18H,(H2,15,16). The van der Waals surface area contributed by atoms with Gasteiger partial charge in [0.2, 0.25) is 0 Å². The average molecular weight is 352 g/mol. The van der Waals surface area contributed by atoms with Gasteiger partial charge in [0.05, 0.1) is 10.5 Å². The van der Waals surface area contributed by atoms with Gasteiger partial charge in [-0.25, -0.2) is 0 Å². The number of hydrogen-bond donors (Lipinski definition) is 2. The SMILES string of the molecule is N/C(=N/O)c1cc(Br)ccc1Oc1ccc([N+](=O)[O-])cc1. The molecule has 0 spiro atoms. The van der Waals surface area contributed by atoms with Crippen molar-refractivity contribution in [2.24, 2.45) is 10.9 Å². The molecule has 21 heavy (non-hydrogen) atoms. The Bertz CT molecular complexity index is 701. The maximum absolute atomic E-state index is 10.6. The molecule has 2 aromatic carbocycles. The van der Waals surface area contributed by atoms with Gasteiger partial charge in [-0.1, -0.05) is 21.1 Å². The van der Waals surface area contributed by atoms with Gasteiger partial charge in [-0.15, -0.1) is 0 Å². The Hall–Kier alpha value is -2.61. The van der Waals surface area contributed by atoms with E-state index in [0.29, 0.717) is 17.1 Å². The number of nitrogens with two attached hydrogens (primary N) is 1. The Kier molecular flexibility index (Phi) is 4.39. The molecule has 2 aromatic rings. The van der Waals surface area contributed by atoms with Gasteiger partial charge in [-0.2, -0.15) is 0 Å². The second-order valence-electron chi connectivity index (χ2n) is 3.98. The predicted molar refractivity (Wildman–Crippen MR) is 79.8 cm³/mol. The fraction of sp³-hybridized carbons (Fsp3) is 0. The summed E-state index contributed by atoms with van der Waals surface area (Å²) in [6.45, 7) is 0. The van der Waals surface area contributed by atoms with Crippen LogP contribution in [-0.2, 0) is 0 Å². The third kappa shape index (κ3) is 3.48. The molecule has 0 unspecified atom stereocenters. The number of nitro groups is 1. The number of amidine groups is 1. The van der Waals surface area contributed by atoms with Gasteiger partial charge in [0.15, 0.2) is 5.84 Å². The molecule has 0 amide bonds. The molecule has 3 N–H and O–H groups in total. The fourth-order valence-electron chi connectivity index (χ4n) is 1.61. The molecule has 0 fully saturated rings. The molecule has 8 heteroatoms. The smallest absolute Gasteiger partial charge is 0.269 e. The number of non-ortho nitro benzene ring substituents is 1. The molecule has 7 nitrogen and oxygen atoms in total. The van der Waals surface area contributed by atoms with Crippen molar-refractivity contribution < 1.29 is 14.9 Å². The maximum atomic E-state index is 10.6. The highest BCUT2D eigenvalue weighted by Gasteiger charge is 2.11. The quantitative estimate of drug-likeness (QED) is 0.288. The molecule has 0 aliphatic carbocycles. The van der Waals surface area contributed by atoms with Crippen LogP contribution in [0.5, 0.6) is 11.5 Å². The summed E-state index contributed by atoms with van der Waals surface area (Å²) in [5.74, 6) is 0.658. The van der Waals surface area contributed by atoms with Crippen LogP contribution >= 0.6 is 15.9 Å². The van der Waals surface area contributed by atoms with Gasteiger partial charge >= 0.3 is 0 Å². The van der Waals surface area contributed by atoms with Crippen LogP contribution in [0.25, 0.3) is 0 Å². The summed E-state index contributed by atoms with van der Waals surface area (Å²) in [5.41, 5.74) is 5.95. The van der Waals surface area contributed by atoms with E-state index in [1.54, 1.807) is 18.2 Å². The first kappa shape index (κ1) is 14.8. The fourth-order valence-corrected chi connectivity index (χ4v) is 1.97. The zero-order valence-corrected chi connectivity index (χ0v) is 12.1. The molecule has 108 valence electrons. The number of benzene rings is 2. The number of rotatable bonds is 4. The molecule has 2 rings (SSSR count). The first-order chi connectivity index (χ1) is 10.0. The second-order valence-corrected chi connectivity index (χ2v) is 4.89. The predicted octanol–water partition coefficient (Wildman–Crippen LogP) is 3.24. The van der Waals surface area contributed by atoms with Crippen LogP contribution in [0.3, 0.4) is 0 Å². The largest absolute Gasteiger partial charge is 0.457 e. The summed E-state index contributed by atoms with van der Waals surface area (Å²) in [6, 6.07) is 10.6. The Morgan fingerprint density at radius 3 is 2.52 bits per heavy atom. The monoisotopic (exact) mass is 351 g/mol. The van der Waals surface area contributed by atoms with E-state index in [2.05, 4.69) is 21.1 Å². The van der Waals surface area contributed by atoms with Gasteiger partial charge in [-0.3, -0.25) is 10.1 Å². The summed E-state index contributed by atoms with van der Waals surface area (Å²) < 4.78 is 6.34. The zero-order valence-electron chi connectivity index (χ0n) is 10.6. The molecule has 0 atom stereocenters. The molecule has 0 heterocycles. The first-order valence-electron chi connectivity index (χ1n) is 5.71. The Morgan fingerprint density at radius 2 is 1.95 bits per heavy atom. The van der Waals surface area contributed by atoms with Crippen molar-refractivity contribution in [3.8, 4) is 11.5 Å². The molecular formula is C13H10BrN3O4. The number of nitro benzene ring substituents is 1. The van der Waals surface area contributed by atoms with Crippen molar-refractivity contribution in [1.82, 2.24) is 0 Å². The van der Waals surface area contributed by atoms with Crippen molar-refractivity contribution in [3.05, 3.63) is 62.6 Å². The minimum absolute atomic E-state index is 0.0326. The van der Waals surface area contributed by atoms with E-state index in [-0.39, 0.29) is 11.5 Å². The Morgan fingerprint density at radius 1 is 1.29 bits per heavy atom. The molecule has 0 aliphatic rings. The van der Waals surface area contributed by atoms with E-state index in [0.717, 1.165) is 4.47 Å². The lowest BCUT2D eigenvalue weighted by atomic mass is 10.2. The lowest BCUT2D eigenvalue weighted by molar-refractivity contribution is -0.384. The van der Waals surface area contributed by atoms with Gasteiger partial charge < -0.3 is 15.7 Å². The average Bonchev–Trinajstić information content (AvgIpc) is 2.48. The van der Waals surface area contributed by atoms with Crippen LogP contribution in [-0.4, -0.2) is 16.0 Å². The molecule has 0 bridgehead atoms. The molecule has 0 aromatic heterocycles. The number of halogens is 1. The van der Waals surface area contributed by atoms with E-state index >= 15 is 0 Å². The number of hydrogen-bond acceptors (Lipinski definition) is 5. The van der Waals surface area contributed by atoms with E-state index in [1.807, 2.05) is 0 Å². The molecule has 0 saturated carbocycles. The van der Waals surface area contributed by atoms with Crippen molar-refractivity contribution in [1.29, 1.82) is 0 Å². The van der Waals surface area contributed by atoms with Crippen molar-refractivity contribution in [2.45, 2.75) is 0 Å². The van der Waals surface area contributed by atoms with Gasteiger partial charge in [0.1, 0.15) is 11.5 Å². The van der Waals surface area contributed by atoms with Crippen LogP contribution in [0, 0.1) is 10.1 Å². The summed E-state index contributed by atoms with van der Waals surface area (Å²) in [4.78, 5) is 10.1. The van der Waals surface area contributed by atoms with E-state index in [9.17, 15) is 10.1 Å². The van der Waals surface area contributed by atoms with Gasteiger partial charge in [0, 0.05) is 16.6 Å². The topological polar surface area (TPSA) is 111 Å². The number of ether oxygens (including phenoxy) is 1. The highest BCUT2D eigenvalue weighted by molar-refractivity contribution is 9.10. The third-order valence-corrected chi connectivity index (χ3v) is 3.09. The maximum Gasteiger partial charge on any atom is 0.269 e. The zero-order chi connectivity index (χ0) is 15.4. The van der Waals surface area contributed by atoms with E-state index < -0.39 is 4.92 Å². The molecule has 0 aliphatic heterocycles. The molecule has 0 radical (unpaired) electrons. The molecule has 0 saturated heterocycles. The Labute approximate surface area is 127 Å². The minimum Gasteiger partial charge on any atom is -0.457 e. The van der Waals surface area contributed by atoms with Crippen molar-refractivity contribution >= 4 is 27.5 Å². The summed E-state index contributed by atoms with van der Waals surface area (Å²) in [7, 11) is 0. The second kappa shape index (κ2) is 6.23. The van der Waals surface area contributed by atoms with Crippen LogP contribution in [0.2, 0.25) is 0 Å². The van der Waals surface area contributed by atoms with E-state index in [1.165, 1.54) is 24.3 Å².